The predicted molar refractivity (Wildman–Crippen MR) is 92.1 cm³/mol. The Morgan fingerprint density at radius 1 is 1.08 bits per heavy atom. The van der Waals surface area contributed by atoms with E-state index in [-0.39, 0.29) is 0 Å². The van der Waals surface area contributed by atoms with Gasteiger partial charge in [0.05, 0.1) is 5.69 Å². The average molecular weight is 382 g/mol. The van der Waals surface area contributed by atoms with E-state index in [0.717, 1.165) is 21.3 Å². The smallest absolute Gasteiger partial charge is 0.275 e. The Morgan fingerprint density at radius 2 is 1.96 bits per heavy atom. The monoisotopic (exact) mass is 381 g/mol. The molecule has 3 aromatic heterocycles. The highest BCUT2D eigenvalue weighted by atomic mass is 79.9. The number of pyridine rings is 1. The number of aromatic nitrogens is 5. The van der Waals surface area contributed by atoms with Crippen LogP contribution in [-0.2, 0) is 6.42 Å². The van der Waals surface area contributed by atoms with Crippen LogP contribution in [-0.4, -0.2) is 25.3 Å². The maximum Gasteiger partial charge on any atom is 0.275 e. The molecule has 0 saturated carbocycles. The van der Waals surface area contributed by atoms with E-state index in [1.54, 1.807) is 12.4 Å². The molecule has 0 atom stereocenters. The summed E-state index contributed by atoms with van der Waals surface area (Å²) in [7, 11) is 0. The molecule has 118 valence electrons. The van der Waals surface area contributed by atoms with Gasteiger partial charge in [-0.05, 0) is 33.6 Å². The van der Waals surface area contributed by atoms with E-state index in [1.165, 1.54) is 0 Å². The minimum Gasteiger partial charge on any atom is -0.332 e. The number of H-pyrrole nitrogens is 1. The zero-order valence-corrected chi connectivity index (χ0v) is 14.1. The van der Waals surface area contributed by atoms with Gasteiger partial charge < -0.3 is 4.52 Å². The maximum absolute atomic E-state index is 5.34. The molecule has 0 spiro atoms. The first-order chi connectivity index (χ1) is 11.8. The molecule has 0 aliphatic carbocycles. The molecule has 1 aromatic carbocycles. The summed E-state index contributed by atoms with van der Waals surface area (Å²) in [5, 5.41) is 11.3. The van der Waals surface area contributed by atoms with Gasteiger partial charge in [0.2, 0.25) is 0 Å². The predicted octanol–water partition coefficient (Wildman–Crippen LogP) is 3.88. The van der Waals surface area contributed by atoms with Crippen LogP contribution in [0.25, 0.3) is 22.8 Å². The summed E-state index contributed by atoms with van der Waals surface area (Å²) in [4.78, 5) is 8.55. The number of hydrogen-bond acceptors (Lipinski definition) is 5. The third kappa shape index (κ3) is 3.11. The largest absolute Gasteiger partial charge is 0.332 e. The Hall–Kier alpha value is -2.80. The highest BCUT2D eigenvalue weighted by molar-refractivity contribution is 9.10. The summed E-state index contributed by atoms with van der Waals surface area (Å²) in [6, 6.07) is 13.8. The van der Waals surface area contributed by atoms with Crippen LogP contribution in [0.15, 0.2) is 63.9 Å². The van der Waals surface area contributed by atoms with Gasteiger partial charge in [-0.2, -0.15) is 10.1 Å². The van der Waals surface area contributed by atoms with Crippen molar-refractivity contribution >= 4 is 15.9 Å². The van der Waals surface area contributed by atoms with Crippen LogP contribution in [0.2, 0.25) is 0 Å². The minimum absolute atomic E-state index is 0.419. The highest BCUT2D eigenvalue weighted by Crippen LogP contribution is 2.23. The Bertz CT molecular complexity index is 964. The van der Waals surface area contributed by atoms with E-state index in [0.29, 0.717) is 23.8 Å². The summed E-state index contributed by atoms with van der Waals surface area (Å²) >= 11 is 3.40. The Morgan fingerprint density at radius 3 is 2.79 bits per heavy atom. The van der Waals surface area contributed by atoms with Crippen molar-refractivity contribution in [2.75, 3.05) is 0 Å². The summed E-state index contributed by atoms with van der Waals surface area (Å²) in [6.07, 6.45) is 4.07. The van der Waals surface area contributed by atoms with Gasteiger partial charge in [0.1, 0.15) is 5.69 Å². The standard InChI is InChI=1S/C17H12BrN5O/c18-13-6-11(9-19-10-13)7-16-20-17(24-23-16)15-8-14(21-22-15)12-4-2-1-3-5-12/h1-6,8-10H,7H2,(H,21,22). The number of halogens is 1. The molecule has 0 saturated heterocycles. The van der Waals surface area contributed by atoms with Gasteiger partial charge in [-0.3, -0.25) is 10.1 Å². The summed E-state index contributed by atoms with van der Waals surface area (Å²) in [5.41, 5.74) is 3.56. The van der Waals surface area contributed by atoms with Crippen LogP contribution in [0, 0.1) is 0 Å². The second-order valence-corrected chi connectivity index (χ2v) is 6.15. The molecular weight excluding hydrogens is 370 g/mol. The van der Waals surface area contributed by atoms with Crippen LogP contribution < -0.4 is 0 Å². The van der Waals surface area contributed by atoms with Gasteiger partial charge in [0.25, 0.3) is 5.89 Å². The SMILES string of the molecule is Brc1cncc(Cc2noc(-c3cc(-c4ccccc4)n[nH]3)n2)c1. The molecular formula is C17H12BrN5O. The lowest BCUT2D eigenvalue weighted by molar-refractivity contribution is 0.422. The number of rotatable bonds is 4. The second kappa shape index (κ2) is 6.37. The van der Waals surface area contributed by atoms with Gasteiger partial charge in [-0.15, -0.1) is 0 Å². The molecule has 6 nitrogen and oxygen atoms in total. The average Bonchev–Trinajstić information content (AvgIpc) is 3.25. The fraction of sp³-hybridized carbons (Fsp3) is 0.0588. The molecule has 0 aliphatic heterocycles. The van der Waals surface area contributed by atoms with E-state index in [9.17, 15) is 0 Å². The van der Waals surface area contributed by atoms with Crippen LogP contribution in [0.3, 0.4) is 0 Å². The highest BCUT2D eigenvalue weighted by Gasteiger charge is 2.13. The van der Waals surface area contributed by atoms with Gasteiger partial charge in [-0.1, -0.05) is 35.5 Å². The first kappa shape index (κ1) is 14.8. The van der Waals surface area contributed by atoms with Gasteiger partial charge in [-0.25, -0.2) is 0 Å². The first-order valence-corrected chi connectivity index (χ1v) is 8.10. The molecule has 4 aromatic rings. The lowest BCUT2D eigenvalue weighted by atomic mass is 10.1. The van der Waals surface area contributed by atoms with Gasteiger partial charge in [0, 0.05) is 28.9 Å². The quantitative estimate of drug-likeness (QED) is 0.580. The lowest BCUT2D eigenvalue weighted by Crippen LogP contribution is -1.91. The molecule has 0 amide bonds. The number of aromatic amines is 1. The lowest BCUT2D eigenvalue weighted by Gasteiger charge is -1.96. The zero-order chi connectivity index (χ0) is 16.4. The molecule has 0 radical (unpaired) electrons. The van der Waals surface area contributed by atoms with Gasteiger partial charge >= 0.3 is 0 Å². The normalized spacial score (nSPS) is 10.9. The second-order valence-electron chi connectivity index (χ2n) is 5.24. The molecule has 0 fully saturated rings. The first-order valence-electron chi connectivity index (χ1n) is 7.31. The van der Waals surface area contributed by atoms with Crippen molar-refractivity contribution in [3.05, 3.63) is 70.7 Å². The van der Waals surface area contributed by atoms with Crippen molar-refractivity contribution in [3.63, 3.8) is 0 Å². The topological polar surface area (TPSA) is 80.5 Å². The Kier molecular flexibility index (Phi) is 3.92. The number of nitrogens with zero attached hydrogens (tertiary/aromatic N) is 4. The van der Waals surface area contributed by atoms with Crippen LogP contribution in [0.4, 0.5) is 0 Å². The summed E-state index contributed by atoms with van der Waals surface area (Å²) < 4.78 is 6.26. The van der Waals surface area contributed by atoms with E-state index in [1.807, 2.05) is 42.5 Å². The molecule has 1 N–H and O–H groups in total. The van der Waals surface area contributed by atoms with Crippen molar-refractivity contribution in [3.8, 4) is 22.8 Å². The Balaban J connectivity index is 1.56. The van der Waals surface area contributed by atoms with Crippen molar-refractivity contribution in [2.24, 2.45) is 0 Å². The molecule has 0 unspecified atom stereocenters. The Labute approximate surface area is 146 Å². The van der Waals surface area contributed by atoms with E-state index >= 15 is 0 Å². The van der Waals surface area contributed by atoms with Crippen molar-refractivity contribution in [1.29, 1.82) is 0 Å². The number of hydrogen-bond donors (Lipinski definition) is 1. The molecule has 0 aliphatic rings. The molecule has 7 heteroatoms. The summed E-state index contributed by atoms with van der Waals surface area (Å²) in [5.74, 6) is 1.02. The third-order valence-corrected chi connectivity index (χ3v) is 3.90. The molecule has 24 heavy (non-hydrogen) atoms. The van der Waals surface area contributed by atoms with Crippen molar-refractivity contribution in [1.82, 2.24) is 25.3 Å². The van der Waals surface area contributed by atoms with E-state index in [2.05, 4.69) is 41.3 Å². The molecule has 4 rings (SSSR count). The number of nitrogens with one attached hydrogen (secondary N) is 1. The fourth-order valence-corrected chi connectivity index (χ4v) is 2.77. The van der Waals surface area contributed by atoms with E-state index < -0.39 is 0 Å². The molecule has 3 heterocycles. The fourth-order valence-electron chi connectivity index (χ4n) is 2.36. The molecule has 0 bridgehead atoms. The van der Waals surface area contributed by atoms with Crippen molar-refractivity contribution < 1.29 is 4.52 Å². The van der Waals surface area contributed by atoms with Crippen LogP contribution >= 0.6 is 15.9 Å². The maximum atomic E-state index is 5.34. The van der Waals surface area contributed by atoms with Gasteiger partial charge in [0.15, 0.2) is 5.82 Å². The van der Waals surface area contributed by atoms with Crippen molar-refractivity contribution in [2.45, 2.75) is 6.42 Å². The van der Waals surface area contributed by atoms with Crippen LogP contribution in [0.5, 0.6) is 0 Å². The van der Waals surface area contributed by atoms with Crippen LogP contribution in [0.1, 0.15) is 11.4 Å². The zero-order valence-electron chi connectivity index (χ0n) is 12.5. The summed E-state index contributed by atoms with van der Waals surface area (Å²) in [6.45, 7) is 0. The van der Waals surface area contributed by atoms with E-state index in [4.69, 9.17) is 4.52 Å². The third-order valence-electron chi connectivity index (χ3n) is 3.47. The number of benzene rings is 1. The minimum atomic E-state index is 0.419.